The van der Waals surface area contributed by atoms with E-state index in [1.807, 2.05) is 41.9 Å². The molecule has 0 fully saturated rings. The monoisotopic (exact) mass is 441 g/mol. The molecular weight excluding hydrogens is 421 g/mol. The Morgan fingerprint density at radius 2 is 1.90 bits per heavy atom. The third kappa shape index (κ3) is 4.35. The van der Waals surface area contributed by atoms with Crippen LogP contribution >= 0.6 is 23.2 Å². The van der Waals surface area contributed by atoms with Gasteiger partial charge < -0.3 is 10.6 Å². The third-order valence-corrected chi connectivity index (χ3v) is 5.89. The van der Waals surface area contributed by atoms with Gasteiger partial charge >= 0.3 is 0 Å². The SMILES string of the molecule is CC1=C(C(=O)NCc2ccncc2)C(CCc2ccc(Cl)c(Cl)c2)n2nccc2N1. The van der Waals surface area contributed by atoms with Crippen LogP contribution in [-0.2, 0) is 17.8 Å². The highest BCUT2D eigenvalue weighted by molar-refractivity contribution is 6.42. The molecule has 0 radical (unpaired) electrons. The molecule has 0 spiro atoms. The quantitative estimate of drug-likeness (QED) is 0.577. The molecule has 3 aromatic rings. The van der Waals surface area contributed by atoms with Crippen LogP contribution in [0.5, 0.6) is 0 Å². The summed E-state index contributed by atoms with van der Waals surface area (Å²) in [6.07, 6.45) is 6.59. The van der Waals surface area contributed by atoms with Crippen LogP contribution in [0.25, 0.3) is 0 Å². The molecular formula is C22H21Cl2N5O. The lowest BCUT2D eigenvalue weighted by atomic mass is 9.95. The Morgan fingerprint density at radius 3 is 2.67 bits per heavy atom. The van der Waals surface area contributed by atoms with E-state index < -0.39 is 0 Å². The van der Waals surface area contributed by atoms with E-state index in [9.17, 15) is 4.79 Å². The zero-order valence-corrected chi connectivity index (χ0v) is 17.9. The number of halogens is 2. The smallest absolute Gasteiger partial charge is 0.251 e. The van der Waals surface area contributed by atoms with Gasteiger partial charge in [-0.05, 0) is 55.2 Å². The van der Waals surface area contributed by atoms with Crippen molar-refractivity contribution in [2.45, 2.75) is 32.4 Å². The molecule has 154 valence electrons. The minimum absolute atomic E-state index is 0.114. The lowest BCUT2D eigenvalue weighted by Gasteiger charge is -2.29. The van der Waals surface area contributed by atoms with Crippen molar-refractivity contribution in [2.75, 3.05) is 5.32 Å². The summed E-state index contributed by atoms with van der Waals surface area (Å²) in [6.45, 7) is 2.35. The predicted octanol–water partition coefficient (Wildman–Crippen LogP) is 4.77. The standard InChI is InChI=1S/C22H21Cl2N5O/c1-14-21(22(30)26-13-16-6-9-25-10-7-16)19(29-20(28-14)8-11-27-29)5-3-15-2-4-17(23)18(24)12-15/h2,4,6-12,19,28H,3,5,13H2,1H3,(H,26,30). The fourth-order valence-electron chi connectivity index (χ4n) is 3.66. The van der Waals surface area contributed by atoms with Crippen molar-refractivity contribution in [3.05, 3.63) is 87.4 Å². The number of hydrogen-bond donors (Lipinski definition) is 2. The van der Waals surface area contributed by atoms with E-state index in [4.69, 9.17) is 23.2 Å². The Labute approximate surface area is 184 Å². The number of pyridine rings is 1. The van der Waals surface area contributed by atoms with Gasteiger partial charge in [0.15, 0.2) is 0 Å². The molecule has 3 heterocycles. The summed E-state index contributed by atoms with van der Waals surface area (Å²) in [4.78, 5) is 17.1. The van der Waals surface area contributed by atoms with Gasteiger partial charge in [0.2, 0.25) is 0 Å². The molecule has 1 aliphatic heterocycles. The van der Waals surface area contributed by atoms with Crippen molar-refractivity contribution in [2.24, 2.45) is 0 Å². The number of aryl methyl sites for hydroxylation is 1. The van der Waals surface area contributed by atoms with E-state index >= 15 is 0 Å². The Bertz CT molecular complexity index is 1090. The van der Waals surface area contributed by atoms with Crippen molar-refractivity contribution < 1.29 is 4.79 Å². The average Bonchev–Trinajstić information content (AvgIpc) is 3.21. The average molecular weight is 442 g/mol. The van der Waals surface area contributed by atoms with Crippen molar-refractivity contribution in [1.82, 2.24) is 20.1 Å². The molecule has 4 rings (SSSR count). The van der Waals surface area contributed by atoms with Gasteiger partial charge in [0.1, 0.15) is 5.82 Å². The maximum Gasteiger partial charge on any atom is 0.251 e. The van der Waals surface area contributed by atoms with Crippen LogP contribution in [0.15, 0.2) is 66.3 Å². The molecule has 0 aliphatic carbocycles. The largest absolute Gasteiger partial charge is 0.348 e. The summed E-state index contributed by atoms with van der Waals surface area (Å²) < 4.78 is 1.87. The Hall–Kier alpha value is -2.83. The molecule has 8 heteroatoms. The number of amides is 1. The minimum Gasteiger partial charge on any atom is -0.348 e. The van der Waals surface area contributed by atoms with Crippen molar-refractivity contribution in [3.63, 3.8) is 0 Å². The van der Waals surface area contributed by atoms with E-state index in [2.05, 4.69) is 20.7 Å². The van der Waals surface area contributed by atoms with Crippen LogP contribution in [0.4, 0.5) is 5.82 Å². The summed E-state index contributed by atoms with van der Waals surface area (Å²) in [5, 5.41) is 11.8. The van der Waals surface area contributed by atoms with Crippen molar-refractivity contribution in [1.29, 1.82) is 0 Å². The number of benzene rings is 1. The normalized spacial score (nSPS) is 15.5. The van der Waals surface area contributed by atoms with Crippen molar-refractivity contribution >= 4 is 34.9 Å². The summed E-state index contributed by atoms with van der Waals surface area (Å²) in [5.41, 5.74) is 3.56. The molecule has 30 heavy (non-hydrogen) atoms. The van der Waals surface area contributed by atoms with Gasteiger partial charge in [-0.3, -0.25) is 9.78 Å². The molecule has 1 atom stereocenters. The summed E-state index contributed by atoms with van der Waals surface area (Å²) in [6, 6.07) is 11.1. The molecule has 1 aromatic carbocycles. The fraction of sp³-hybridized carbons (Fsp3) is 0.227. The summed E-state index contributed by atoms with van der Waals surface area (Å²) in [5.74, 6) is 0.759. The lowest BCUT2D eigenvalue weighted by molar-refractivity contribution is -0.118. The Balaban J connectivity index is 1.55. The molecule has 6 nitrogen and oxygen atoms in total. The third-order valence-electron chi connectivity index (χ3n) is 5.16. The van der Waals surface area contributed by atoms with Gasteiger partial charge in [0.25, 0.3) is 5.91 Å². The molecule has 1 unspecified atom stereocenters. The first-order valence-corrected chi connectivity index (χ1v) is 10.4. The van der Waals surface area contributed by atoms with Gasteiger partial charge in [0, 0.05) is 30.7 Å². The first kappa shape index (κ1) is 20.4. The van der Waals surface area contributed by atoms with Crippen molar-refractivity contribution in [3.8, 4) is 0 Å². The Morgan fingerprint density at radius 1 is 1.10 bits per heavy atom. The number of carbonyl (C=O) groups is 1. The first-order chi connectivity index (χ1) is 14.5. The lowest BCUT2D eigenvalue weighted by Crippen LogP contribution is -2.34. The van der Waals surface area contributed by atoms with Gasteiger partial charge in [0.05, 0.1) is 27.9 Å². The molecule has 1 amide bonds. The van der Waals surface area contributed by atoms with E-state index in [1.54, 1.807) is 24.7 Å². The second kappa shape index (κ2) is 8.90. The second-order valence-corrected chi connectivity index (χ2v) is 7.98. The van der Waals surface area contributed by atoms with Crippen LogP contribution in [0, 0.1) is 0 Å². The Kier molecular flexibility index (Phi) is 6.06. The number of nitrogens with one attached hydrogen (secondary N) is 2. The fourth-order valence-corrected chi connectivity index (χ4v) is 3.98. The zero-order chi connectivity index (χ0) is 21.1. The molecule has 1 aliphatic rings. The number of anilines is 1. The van der Waals surface area contributed by atoms with Crippen LogP contribution < -0.4 is 10.6 Å². The number of fused-ring (bicyclic) bond motifs is 1. The predicted molar refractivity (Wildman–Crippen MR) is 118 cm³/mol. The highest BCUT2D eigenvalue weighted by Crippen LogP contribution is 2.34. The van der Waals surface area contributed by atoms with Gasteiger partial charge in [-0.15, -0.1) is 0 Å². The van der Waals surface area contributed by atoms with E-state index in [-0.39, 0.29) is 11.9 Å². The number of hydrogen-bond acceptors (Lipinski definition) is 4. The molecule has 0 saturated heterocycles. The van der Waals surface area contributed by atoms with Crippen LogP contribution in [0.3, 0.4) is 0 Å². The van der Waals surface area contributed by atoms with Crippen LogP contribution in [-0.4, -0.2) is 20.7 Å². The summed E-state index contributed by atoms with van der Waals surface area (Å²) >= 11 is 12.2. The number of carbonyl (C=O) groups excluding carboxylic acids is 1. The number of rotatable bonds is 6. The molecule has 0 bridgehead atoms. The van der Waals surface area contributed by atoms with Crippen LogP contribution in [0.2, 0.25) is 10.0 Å². The maximum absolute atomic E-state index is 13.1. The highest BCUT2D eigenvalue weighted by atomic mass is 35.5. The van der Waals surface area contributed by atoms with E-state index in [0.717, 1.165) is 29.1 Å². The molecule has 2 N–H and O–H groups in total. The second-order valence-electron chi connectivity index (χ2n) is 7.17. The first-order valence-electron chi connectivity index (χ1n) is 9.65. The van der Waals surface area contributed by atoms with E-state index in [1.165, 1.54) is 0 Å². The van der Waals surface area contributed by atoms with Gasteiger partial charge in [-0.25, -0.2) is 4.68 Å². The van der Waals surface area contributed by atoms with Crippen LogP contribution in [0.1, 0.15) is 30.5 Å². The van der Waals surface area contributed by atoms with Gasteiger partial charge in [-0.2, -0.15) is 5.10 Å². The topological polar surface area (TPSA) is 71.8 Å². The number of allylic oxidation sites excluding steroid dienone is 1. The maximum atomic E-state index is 13.1. The molecule has 2 aromatic heterocycles. The summed E-state index contributed by atoms with van der Waals surface area (Å²) in [7, 11) is 0. The number of nitrogens with zero attached hydrogens (tertiary/aromatic N) is 3. The molecule has 0 saturated carbocycles. The minimum atomic E-state index is -0.192. The van der Waals surface area contributed by atoms with E-state index in [0.29, 0.717) is 28.6 Å². The number of aromatic nitrogens is 3. The van der Waals surface area contributed by atoms with Gasteiger partial charge in [-0.1, -0.05) is 29.3 Å². The highest BCUT2D eigenvalue weighted by Gasteiger charge is 2.31. The zero-order valence-electron chi connectivity index (χ0n) is 16.4.